The molecule has 21 heavy (non-hydrogen) atoms. The van der Waals surface area contributed by atoms with E-state index in [2.05, 4.69) is 67.1 Å². The van der Waals surface area contributed by atoms with Crippen LogP contribution in [0.3, 0.4) is 0 Å². The Labute approximate surface area is 127 Å². The zero-order chi connectivity index (χ0) is 15.2. The molecule has 3 heteroatoms. The summed E-state index contributed by atoms with van der Waals surface area (Å²) in [6.45, 7) is 7.29. The fraction of sp³-hybridized carbons (Fsp3) is 0.389. The predicted octanol–water partition coefficient (Wildman–Crippen LogP) is 3.83. The number of nitrogens with zero attached hydrogens (tertiary/aromatic N) is 2. The lowest BCUT2D eigenvalue weighted by Crippen LogP contribution is -2.22. The number of benzene rings is 1. The van der Waals surface area contributed by atoms with Crippen LogP contribution in [0.1, 0.15) is 31.4 Å². The van der Waals surface area contributed by atoms with Gasteiger partial charge in [0.25, 0.3) is 0 Å². The number of aromatic nitrogens is 1. The summed E-state index contributed by atoms with van der Waals surface area (Å²) >= 11 is 0. The lowest BCUT2D eigenvalue weighted by molar-refractivity contribution is 0.645. The van der Waals surface area contributed by atoms with Crippen molar-refractivity contribution >= 4 is 11.5 Å². The first-order valence-corrected chi connectivity index (χ1v) is 7.69. The van der Waals surface area contributed by atoms with Crippen molar-refractivity contribution in [1.82, 2.24) is 4.98 Å². The van der Waals surface area contributed by atoms with Crippen LogP contribution in [-0.2, 0) is 6.42 Å². The molecule has 0 saturated carbocycles. The summed E-state index contributed by atoms with van der Waals surface area (Å²) in [6.07, 6.45) is 3.83. The van der Waals surface area contributed by atoms with Gasteiger partial charge in [0.05, 0.1) is 0 Å². The number of hydrogen-bond donors (Lipinski definition) is 1. The zero-order valence-corrected chi connectivity index (χ0v) is 13.2. The van der Waals surface area contributed by atoms with Gasteiger partial charge in [0, 0.05) is 24.5 Å². The van der Waals surface area contributed by atoms with Gasteiger partial charge < -0.3 is 10.6 Å². The first-order valence-electron chi connectivity index (χ1n) is 7.69. The van der Waals surface area contributed by atoms with Gasteiger partial charge in [0.15, 0.2) is 0 Å². The molecule has 0 aliphatic heterocycles. The lowest BCUT2D eigenvalue weighted by atomic mass is 10.1. The van der Waals surface area contributed by atoms with Crippen LogP contribution >= 0.6 is 0 Å². The fourth-order valence-electron chi connectivity index (χ4n) is 2.47. The summed E-state index contributed by atoms with van der Waals surface area (Å²) in [4.78, 5) is 6.86. The van der Waals surface area contributed by atoms with Crippen LogP contribution in [0.25, 0.3) is 0 Å². The van der Waals surface area contributed by atoms with Crippen LogP contribution in [0.4, 0.5) is 11.5 Å². The number of anilines is 2. The Kier molecular flexibility index (Phi) is 5.34. The van der Waals surface area contributed by atoms with Gasteiger partial charge in [0.2, 0.25) is 0 Å². The summed E-state index contributed by atoms with van der Waals surface area (Å²) in [5, 5.41) is 0. The smallest absolute Gasteiger partial charge is 0.132 e. The minimum absolute atomic E-state index is 0.219. The van der Waals surface area contributed by atoms with Gasteiger partial charge in [-0.05, 0) is 49.9 Å². The molecule has 0 spiro atoms. The fourth-order valence-corrected chi connectivity index (χ4v) is 2.47. The van der Waals surface area contributed by atoms with Gasteiger partial charge in [-0.1, -0.05) is 31.2 Å². The number of rotatable bonds is 6. The van der Waals surface area contributed by atoms with Crippen LogP contribution < -0.4 is 10.6 Å². The van der Waals surface area contributed by atoms with E-state index in [4.69, 9.17) is 5.73 Å². The van der Waals surface area contributed by atoms with E-state index in [1.807, 2.05) is 6.20 Å². The van der Waals surface area contributed by atoms with Crippen LogP contribution in [0.5, 0.6) is 0 Å². The summed E-state index contributed by atoms with van der Waals surface area (Å²) < 4.78 is 0. The molecule has 1 aromatic carbocycles. The highest BCUT2D eigenvalue weighted by Crippen LogP contribution is 2.26. The quantitative estimate of drug-likeness (QED) is 0.876. The molecule has 2 aromatic rings. The molecule has 0 fully saturated rings. The number of para-hydroxylation sites is 1. The van der Waals surface area contributed by atoms with Gasteiger partial charge in [-0.3, -0.25) is 0 Å². The van der Waals surface area contributed by atoms with E-state index in [0.717, 1.165) is 25.2 Å². The summed E-state index contributed by atoms with van der Waals surface area (Å²) in [7, 11) is 0. The Morgan fingerprint density at radius 3 is 2.48 bits per heavy atom. The minimum atomic E-state index is 0.219. The average molecular weight is 283 g/mol. The van der Waals surface area contributed by atoms with Gasteiger partial charge >= 0.3 is 0 Å². The molecular weight excluding hydrogens is 258 g/mol. The van der Waals surface area contributed by atoms with Crippen molar-refractivity contribution in [2.75, 3.05) is 11.4 Å². The second kappa shape index (κ2) is 7.23. The minimum Gasteiger partial charge on any atom is -0.327 e. The molecule has 112 valence electrons. The number of pyridine rings is 1. The molecular formula is C18H25N3. The number of hydrogen-bond acceptors (Lipinski definition) is 3. The zero-order valence-electron chi connectivity index (χ0n) is 13.2. The first-order chi connectivity index (χ1) is 10.2. The third-order valence-corrected chi connectivity index (χ3v) is 3.83. The van der Waals surface area contributed by atoms with E-state index in [-0.39, 0.29) is 6.04 Å². The molecule has 1 atom stereocenters. The summed E-state index contributed by atoms with van der Waals surface area (Å²) in [6, 6.07) is 12.9. The largest absolute Gasteiger partial charge is 0.327 e. The predicted molar refractivity (Wildman–Crippen MR) is 90.1 cm³/mol. The second-order valence-corrected chi connectivity index (χ2v) is 5.43. The van der Waals surface area contributed by atoms with E-state index >= 15 is 0 Å². The van der Waals surface area contributed by atoms with Crippen molar-refractivity contribution in [1.29, 1.82) is 0 Å². The Morgan fingerprint density at radius 2 is 1.90 bits per heavy atom. The molecule has 2 rings (SSSR count). The Bertz CT molecular complexity index is 563. The van der Waals surface area contributed by atoms with Crippen molar-refractivity contribution in [3.8, 4) is 0 Å². The van der Waals surface area contributed by atoms with E-state index in [1.54, 1.807) is 0 Å². The molecule has 0 bridgehead atoms. The van der Waals surface area contributed by atoms with E-state index < -0.39 is 0 Å². The molecule has 0 radical (unpaired) electrons. The van der Waals surface area contributed by atoms with Crippen molar-refractivity contribution in [2.24, 2.45) is 5.73 Å². The van der Waals surface area contributed by atoms with Gasteiger partial charge in [-0.15, -0.1) is 0 Å². The summed E-state index contributed by atoms with van der Waals surface area (Å²) in [5.41, 5.74) is 9.68. The number of nitrogens with two attached hydrogens (primary N) is 1. The molecule has 1 unspecified atom stereocenters. The van der Waals surface area contributed by atoms with Crippen LogP contribution in [0.2, 0.25) is 0 Å². The third-order valence-electron chi connectivity index (χ3n) is 3.83. The van der Waals surface area contributed by atoms with Gasteiger partial charge in [-0.2, -0.15) is 0 Å². The Balaban J connectivity index is 2.22. The van der Waals surface area contributed by atoms with Crippen molar-refractivity contribution in [2.45, 2.75) is 39.7 Å². The van der Waals surface area contributed by atoms with Crippen LogP contribution in [0.15, 0.2) is 42.6 Å². The maximum Gasteiger partial charge on any atom is 0.132 e. The maximum absolute atomic E-state index is 6.00. The molecule has 3 nitrogen and oxygen atoms in total. The van der Waals surface area contributed by atoms with E-state index in [0.29, 0.717) is 0 Å². The molecule has 2 N–H and O–H groups in total. The SMILES string of the molecule is CCC(N)Cc1ccc(N(CC)c2ccccc2C)nc1. The second-order valence-electron chi connectivity index (χ2n) is 5.43. The summed E-state index contributed by atoms with van der Waals surface area (Å²) in [5.74, 6) is 0.987. The lowest BCUT2D eigenvalue weighted by Gasteiger charge is -2.24. The highest BCUT2D eigenvalue weighted by molar-refractivity contribution is 5.63. The van der Waals surface area contributed by atoms with Gasteiger partial charge in [-0.25, -0.2) is 4.98 Å². The Hall–Kier alpha value is -1.87. The molecule has 0 aliphatic carbocycles. The Morgan fingerprint density at radius 1 is 1.14 bits per heavy atom. The molecule has 0 amide bonds. The molecule has 0 aliphatic rings. The van der Waals surface area contributed by atoms with Crippen molar-refractivity contribution < 1.29 is 0 Å². The molecule has 0 saturated heterocycles. The van der Waals surface area contributed by atoms with Crippen molar-refractivity contribution in [3.63, 3.8) is 0 Å². The number of aryl methyl sites for hydroxylation is 1. The van der Waals surface area contributed by atoms with E-state index in [1.165, 1.54) is 16.8 Å². The van der Waals surface area contributed by atoms with Crippen LogP contribution in [-0.4, -0.2) is 17.6 Å². The average Bonchev–Trinajstić information content (AvgIpc) is 2.51. The molecule has 1 heterocycles. The third kappa shape index (κ3) is 3.82. The monoisotopic (exact) mass is 283 g/mol. The standard InChI is InChI=1S/C18H25N3/c1-4-16(19)12-15-10-11-18(20-13-15)21(5-2)17-9-7-6-8-14(17)3/h6-11,13,16H,4-5,12,19H2,1-3H3. The van der Waals surface area contributed by atoms with Crippen molar-refractivity contribution in [3.05, 3.63) is 53.7 Å². The van der Waals surface area contributed by atoms with Gasteiger partial charge in [0.1, 0.15) is 5.82 Å². The normalized spacial score (nSPS) is 12.2. The highest BCUT2D eigenvalue weighted by Gasteiger charge is 2.11. The highest BCUT2D eigenvalue weighted by atomic mass is 15.2. The molecule has 1 aromatic heterocycles. The van der Waals surface area contributed by atoms with Crippen LogP contribution in [0, 0.1) is 6.92 Å². The first kappa shape index (κ1) is 15.5. The topological polar surface area (TPSA) is 42.1 Å². The van der Waals surface area contributed by atoms with E-state index in [9.17, 15) is 0 Å². The maximum atomic E-state index is 6.00.